The van der Waals surface area contributed by atoms with Crippen molar-refractivity contribution in [3.05, 3.63) is 59.4 Å². The van der Waals surface area contributed by atoms with Gasteiger partial charge in [0.25, 0.3) is 0 Å². The SMILES string of the molecule is Cc1ccc(NCc2cncc(F)c2)cc1F. The topological polar surface area (TPSA) is 24.9 Å². The Morgan fingerprint density at radius 3 is 2.71 bits per heavy atom. The molecule has 0 aliphatic heterocycles. The lowest BCUT2D eigenvalue weighted by Crippen LogP contribution is -2.01. The first-order valence-corrected chi connectivity index (χ1v) is 5.24. The van der Waals surface area contributed by atoms with Gasteiger partial charge in [-0.25, -0.2) is 8.78 Å². The van der Waals surface area contributed by atoms with E-state index >= 15 is 0 Å². The molecule has 0 spiro atoms. The van der Waals surface area contributed by atoms with Gasteiger partial charge in [-0.3, -0.25) is 4.98 Å². The second kappa shape index (κ2) is 4.91. The third-order valence-corrected chi connectivity index (χ3v) is 2.43. The summed E-state index contributed by atoms with van der Waals surface area (Å²) in [6, 6.07) is 6.29. The predicted octanol–water partition coefficient (Wildman–Crippen LogP) is 3.28. The molecule has 4 heteroatoms. The molecule has 2 rings (SSSR count). The van der Waals surface area contributed by atoms with E-state index in [-0.39, 0.29) is 11.6 Å². The first-order valence-electron chi connectivity index (χ1n) is 5.24. The maximum Gasteiger partial charge on any atom is 0.141 e. The molecule has 1 heterocycles. The van der Waals surface area contributed by atoms with Gasteiger partial charge < -0.3 is 5.32 Å². The van der Waals surface area contributed by atoms with E-state index in [1.807, 2.05) is 0 Å². The van der Waals surface area contributed by atoms with Crippen LogP contribution in [-0.2, 0) is 6.54 Å². The molecular formula is C13H12F2N2. The molecule has 1 aromatic heterocycles. The number of pyridine rings is 1. The van der Waals surface area contributed by atoms with Crippen molar-refractivity contribution in [3.63, 3.8) is 0 Å². The normalized spacial score (nSPS) is 10.3. The molecule has 0 aliphatic rings. The quantitative estimate of drug-likeness (QED) is 0.881. The van der Waals surface area contributed by atoms with Crippen LogP contribution in [0.15, 0.2) is 36.7 Å². The Morgan fingerprint density at radius 2 is 2.00 bits per heavy atom. The summed E-state index contributed by atoms with van der Waals surface area (Å²) in [6.45, 7) is 2.11. The molecule has 2 nitrogen and oxygen atoms in total. The molecule has 0 saturated carbocycles. The number of hydrogen-bond donors (Lipinski definition) is 1. The van der Waals surface area contributed by atoms with Gasteiger partial charge in [0.05, 0.1) is 6.20 Å². The average molecular weight is 234 g/mol. The van der Waals surface area contributed by atoms with Crippen molar-refractivity contribution in [2.45, 2.75) is 13.5 Å². The summed E-state index contributed by atoms with van der Waals surface area (Å²) in [5.41, 5.74) is 1.98. The summed E-state index contributed by atoms with van der Waals surface area (Å²) < 4.78 is 26.1. The zero-order valence-electron chi connectivity index (χ0n) is 9.37. The number of aryl methyl sites for hydroxylation is 1. The van der Waals surface area contributed by atoms with E-state index in [9.17, 15) is 8.78 Å². The molecule has 0 radical (unpaired) electrons. The molecule has 0 bridgehead atoms. The van der Waals surface area contributed by atoms with E-state index in [0.717, 1.165) is 6.20 Å². The zero-order chi connectivity index (χ0) is 12.3. The van der Waals surface area contributed by atoms with Crippen LogP contribution >= 0.6 is 0 Å². The molecule has 2 aromatic rings. The summed E-state index contributed by atoms with van der Waals surface area (Å²) in [4.78, 5) is 3.74. The molecule has 0 unspecified atom stereocenters. The fourth-order valence-electron chi connectivity index (χ4n) is 1.46. The molecule has 0 atom stereocenters. The second-order valence-electron chi connectivity index (χ2n) is 3.83. The highest BCUT2D eigenvalue weighted by Gasteiger charge is 2.00. The third kappa shape index (κ3) is 3.00. The van der Waals surface area contributed by atoms with Crippen molar-refractivity contribution in [1.82, 2.24) is 4.98 Å². The minimum absolute atomic E-state index is 0.257. The van der Waals surface area contributed by atoms with E-state index in [1.165, 1.54) is 12.1 Å². The minimum Gasteiger partial charge on any atom is -0.381 e. The van der Waals surface area contributed by atoms with Crippen LogP contribution in [0.1, 0.15) is 11.1 Å². The van der Waals surface area contributed by atoms with E-state index in [2.05, 4.69) is 10.3 Å². The highest BCUT2D eigenvalue weighted by molar-refractivity contribution is 5.45. The molecule has 0 aliphatic carbocycles. The molecule has 1 N–H and O–H groups in total. The number of anilines is 1. The summed E-state index contributed by atoms with van der Waals surface area (Å²) in [6.07, 6.45) is 2.72. The van der Waals surface area contributed by atoms with E-state index in [1.54, 1.807) is 25.3 Å². The van der Waals surface area contributed by atoms with Gasteiger partial charge in [-0.2, -0.15) is 0 Å². The molecular weight excluding hydrogens is 222 g/mol. The van der Waals surface area contributed by atoms with Crippen molar-refractivity contribution in [3.8, 4) is 0 Å². The van der Waals surface area contributed by atoms with Crippen LogP contribution < -0.4 is 5.32 Å². The lowest BCUT2D eigenvalue weighted by atomic mass is 10.2. The number of nitrogens with zero attached hydrogens (tertiary/aromatic N) is 1. The molecule has 17 heavy (non-hydrogen) atoms. The van der Waals surface area contributed by atoms with Gasteiger partial charge in [0, 0.05) is 18.4 Å². The van der Waals surface area contributed by atoms with E-state index in [0.29, 0.717) is 23.4 Å². The van der Waals surface area contributed by atoms with Gasteiger partial charge >= 0.3 is 0 Å². The Balaban J connectivity index is 2.05. The number of rotatable bonds is 3. The van der Waals surface area contributed by atoms with Crippen LogP contribution in [0.5, 0.6) is 0 Å². The summed E-state index contributed by atoms with van der Waals surface area (Å²) in [5.74, 6) is -0.633. The van der Waals surface area contributed by atoms with E-state index < -0.39 is 0 Å². The summed E-state index contributed by atoms with van der Waals surface area (Å²) >= 11 is 0. The van der Waals surface area contributed by atoms with Crippen molar-refractivity contribution in [1.29, 1.82) is 0 Å². The summed E-state index contributed by atoms with van der Waals surface area (Å²) in [5, 5.41) is 3.01. The first kappa shape index (κ1) is 11.5. The molecule has 0 saturated heterocycles. The number of halogens is 2. The zero-order valence-corrected chi connectivity index (χ0v) is 9.37. The Bertz CT molecular complexity index is 527. The van der Waals surface area contributed by atoms with Gasteiger partial charge in [0.1, 0.15) is 11.6 Å². The Labute approximate surface area is 98.3 Å². The van der Waals surface area contributed by atoms with Crippen LogP contribution in [0.25, 0.3) is 0 Å². The lowest BCUT2D eigenvalue weighted by Gasteiger charge is -2.07. The smallest absolute Gasteiger partial charge is 0.141 e. The number of aromatic nitrogens is 1. The number of hydrogen-bond acceptors (Lipinski definition) is 2. The number of benzene rings is 1. The fourth-order valence-corrected chi connectivity index (χ4v) is 1.46. The van der Waals surface area contributed by atoms with Gasteiger partial charge in [0.2, 0.25) is 0 Å². The standard InChI is InChI=1S/C13H12F2N2/c1-9-2-3-12(5-13(9)15)17-7-10-4-11(14)8-16-6-10/h2-6,8,17H,7H2,1H3. The fraction of sp³-hybridized carbons (Fsp3) is 0.154. The van der Waals surface area contributed by atoms with Crippen molar-refractivity contribution < 1.29 is 8.78 Å². The Hall–Kier alpha value is -1.97. The molecule has 0 fully saturated rings. The highest BCUT2D eigenvalue weighted by Crippen LogP contribution is 2.14. The van der Waals surface area contributed by atoms with Crippen LogP contribution in [0.4, 0.5) is 14.5 Å². The highest BCUT2D eigenvalue weighted by atomic mass is 19.1. The molecule has 0 amide bonds. The predicted molar refractivity (Wildman–Crippen MR) is 62.7 cm³/mol. The van der Waals surface area contributed by atoms with Gasteiger partial charge in [-0.05, 0) is 36.2 Å². The van der Waals surface area contributed by atoms with Crippen molar-refractivity contribution in [2.75, 3.05) is 5.32 Å². The molecule has 1 aromatic carbocycles. The molecule has 88 valence electrons. The van der Waals surface area contributed by atoms with Crippen molar-refractivity contribution >= 4 is 5.69 Å². The van der Waals surface area contributed by atoms with E-state index in [4.69, 9.17) is 0 Å². The monoisotopic (exact) mass is 234 g/mol. The Morgan fingerprint density at radius 1 is 1.18 bits per heavy atom. The van der Waals surface area contributed by atoms with Gasteiger partial charge in [-0.15, -0.1) is 0 Å². The average Bonchev–Trinajstić information content (AvgIpc) is 2.31. The maximum atomic E-state index is 13.3. The van der Waals surface area contributed by atoms with Gasteiger partial charge in [0.15, 0.2) is 0 Å². The second-order valence-corrected chi connectivity index (χ2v) is 3.83. The number of nitrogens with one attached hydrogen (secondary N) is 1. The lowest BCUT2D eigenvalue weighted by molar-refractivity contribution is 0.617. The third-order valence-electron chi connectivity index (χ3n) is 2.43. The first-order chi connectivity index (χ1) is 8.15. The summed E-state index contributed by atoms with van der Waals surface area (Å²) in [7, 11) is 0. The van der Waals surface area contributed by atoms with Crippen LogP contribution in [0, 0.1) is 18.6 Å². The van der Waals surface area contributed by atoms with Crippen molar-refractivity contribution in [2.24, 2.45) is 0 Å². The Kier molecular flexibility index (Phi) is 3.32. The van der Waals surface area contributed by atoms with Crippen LogP contribution in [0.2, 0.25) is 0 Å². The van der Waals surface area contributed by atoms with Gasteiger partial charge in [-0.1, -0.05) is 6.07 Å². The largest absolute Gasteiger partial charge is 0.381 e. The van der Waals surface area contributed by atoms with Crippen LogP contribution in [0.3, 0.4) is 0 Å². The maximum absolute atomic E-state index is 13.3. The minimum atomic E-state index is -0.376. The van der Waals surface area contributed by atoms with Crippen LogP contribution in [-0.4, -0.2) is 4.98 Å².